The van der Waals surface area contributed by atoms with Gasteiger partial charge in [0.25, 0.3) is 0 Å². The number of amides is 1. The van der Waals surface area contributed by atoms with Gasteiger partial charge in [-0.15, -0.1) is 10.2 Å². The molecule has 5 heteroatoms. The molecule has 0 fully saturated rings. The number of hydrogen-bond acceptors (Lipinski definition) is 4. The molecule has 0 spiro atoms. The zero-order valence-corrected chi connectivity index (χ0v) is 15.8. The second kappa shape index (κ2) is 9.12. The first kappa shape index (κ1) is 18.8. The zero-order chi connectivity index (χ0) is 19.1. The van der Waals surface area contributed by atoms with Crippen LogP contribution in [0, 0.1) is 6.92 Å². The average molecular weight is 363 g/mol. The highest BCUT2D eigenvalue weighted by molar-refractivity contribution is 5.76. The summed E-state index contributed by atoms with van der Waals surface area (Å²) in [5.74, 6) is 1.12. The van der Waals surface area contributed by atoms with E-state index in [2.05, 4.69) is 53.6 Å². The summed E-state index contributed by atoms with van der Waals surface area (Å²) in [6.07, 6.45) is 2.56. The molecular weight excluding hydrogens is 338 g/mol. The summed E-state index contributed by atoms with van der Waals surface area (Å²) in [5.41, 5.74) is 3.26. The molecule has 1 heterocycles. The van der Waals surface area contributed by atoms with Crippen molar-refractivity contribution in [2.75, 3.05) is 0 Å². The van der Waals surface area contributed by atoms with Crippen LogP contribution in [-0.4, -0.2) is 16.1 Å². The van der Waals surface area contributed by atoms with Crippen LogP contribution in [0.4, 0.5) is 0 Å². The number of nitrogens with one attached hydrogen (secondary N) is 1. The number of benzene rings is 2. The van der Waals surface area contributed by atoms with Crippen LogP contribution < -0.4 is 5.32 Å². The number of hydrogen-bond donors (Lipinski definition) is 1. The predicted molar refractivity (Wildman–Crippen MR) is 105 cm³/mol. The van der Waals surface area contributed by atoms with Crippen LogP contribution in [0.2, 0.25) is 0 Å². The largest absolute Gasteiger partial charge is 0.421 e. The Morgan fingerprint density at radius 3 is 2.52 bits per heavy atom. The van der Waals surface area contributed by atoms with Crippen LogP contribution in [0.25, 0.3) is 11.5 Å². The maximum absolute atomic E-state index is 12.3. The van der Waals surface area contributed by atoms with E-state index in [0.29, 0.717) is 31.0 Å². The second-order valence-electron chi connectivity index (χ2n) is 6.66. The van der Waals surface area contributed by atoms with E-state index in [1.165, 1.54) is 5.56 Å². The fourth-order valence-electron chi connectivity index (χ4n) is 2.94. The van der Waals surface area contributed by atoms with Crippen molar-refractivity contribution >= 4 is 5.91 Å². The Bertz CT molecular complexity index is 857. The smallest absolute Gasteiger partial charge is 0.247 e. The minimum Gasteiger partial charge on any atom is -0.421 e. The quantitative estimate of drug-likeness (QED) is 0.633. The first-order valence-electron chi connectivity index (χ1n) is 9.39. The lowest BCUT2D eigenvalue weighted by molar-refractivity contribution is -0.122. The Morgan fingerprint density at radius 2 is 1.81 bits per heavy atom. The van der Waals surface area contributed by atoms with Crippen molar-refractivity contribution in [1.82, 2.24) is 15.5 Å². The molecule has 2 aromatic carbocycles. The second-order valence-corrected chi connectivity index (χ2v) is 6.66. The van der Waals surface area contributed by atoms with Crippen LogP contribution >= 0.6 is 0 Å². The minimum atomic E-state index is 0.0465. The van der Waals surface area contributed by atoms with Crippen molar-refractivity contribution in [2.24, 2.45) is 0 Å². The van der Waals surface area contributed by atoms with Gasteiger partial charge in [0.15, 0.2) is 0 Å². The van der Waals surface area contributed by atoms with Gasteiger partial charge in [0.1, 0.15) is 0 Å². The van der Waals surface area contributed by atoms with E-state index < -0.39 is 0 Å². The molecule has 0 aliphatic carbocycles. The molecule has 1 amide bonds. The lowest BCUT2D eigenvalue weighted by Gasteiger charge is -2.17. The van der Waals surface area contributed by atoms with Gasteiger partial charge in [-0.2, -0.15) is 0 Å². The van der Waals surface area contributed by atoms with Gasteiger partial charge in [0.2, 0.25) is 17.7 Å². The van der Waals surface area contributed by atoms with Gasteiger partial charge in [-0.05, 0) is 37.5 Å². The van der Waals surface area contributed by atoms with E-state index in [-0.39, 0.29) is 11.9 Å². The van der Waals surface area contributed by atoms with Crippen molar-refractivity contribution in [3.8, 4) is 11.5 Å². The molecule has 3 aromatic rings. The fraction of sp³-hybridized carbons (Fsp3) is 0.318. The molecular formula is C22H25N3O2. The SMILES string of the molecule is CC[C@H](NC(=O)CCCc1nnc(-c2ccccc2)o1)c1ccc(C)cc1. The van der Waals surface area contributed by atoms with Crippen molar-refractivity contribution in [3.05, 3.63) is 71.6 Å². The predicted octanol–water partition coefficient (Wildman–Crippen LogP) is 4.64. The van der Waals surface area contributed by atoms with E-state index in [4.69, 9.17) is 4.42 Å². The Kier molecular flexibility index (Phi) is 6.36. The normalized spacial score (nSPS) is 11.9. The summed E-state index contributed by atoms with van der Waals surface area (Å²) in [6.45, 7) is 4.14. The number of aryl methyl sites for hydroxylation is 2. The molecule has 1 aromatic heterocycles. The van der Waals surface area contributed by atoms with E-state index in [9.17, 15) is 4.79 Å². The summed E-state index contributed by atoms with van der Waals surface area (Å²) in [5, 5.41) is 11.3. The average Bonchev–Trinajstić information content (AvgIpc) is 3.16. The van der Waals surface area contributed by atoms with Crippen molar-refractivity contribution in [3.63, 3.8) is 0 Å². The summed E-state index contributed by atoms with van der Waals surface area (Å²) in [7, 11) is 0. The number of aromatic nitrogens is 2. The minimum absolute atomic E-state index is 0.0465. The number of nitrogens with zero attached hydrogens (tertiary/aromatic N) is 2. The Labute approximate surface area is 159 Å². The van der Waals surface area contributed by atoms with E-state index in [1.54, 1.807) is 0 Å². The molecule has 0 unspecified atom stereocenters. The van der Waals surface area contributed by atoms with Gasteiger partial charge in [0.05, 0.1) is 6.04 Å². The van der Waals surface area contributed by atoms with Crippen molar-refractivity contribution in [2.45, 2.75) is 45.6 Å². The summed E-state index contributed by atoms with van der Waals surface area (Å²) in [6, 6.07) is 18.0. The van der Waals surface area contributed by atoms with Crippen LogP contribution in [0.15, 0.2) is 59.0 Å². The molecule has 0 radical (unpaired) electrons. The molecule has 1 N–H and O–H groups in total. The molecule has 0 aliphatic heterocycles. The van der Waals surface area contributed by atoms with E-state index in [1.807, 2.05) is 30.3 Å². The van der Waals surface area contributed by atoms with Crippen molar-refractivity contribution in [1.29, 1.82) is 0 Å². The lowest BCUT2D eigenvalue weighted by atomic mass is 10.0. The monoisotopic (exact) mass is 363 g/mol. The van der Waals surface area contributed by atoms with Crippen LogP contribution in [0.1, 0.15) is 49.2 Å². The molecule has 0 saturated heterocycles. The van der Waals surface area contributed by atoms with Crippen molar-refractivity contribution < 1.29 is 9.21 Å². The zero-order valence-electron chi connectivity index (χ0n) is 15.8. The third kappa shape index (κ3) is 5.26. The summed E-state index contributed by atoms with van der Waals surface area (Å²) < 4.78 is 5.68. The summed E-state index contributed by atoms with van der Waals surface area (Å²) in [4.78, 5) is 12.3. The Balaban J connectivity index is 1.48. The first-order chi connectivity index (χ1) is 13.2. The van der Waals surface area contributed by atoms with Crippen LogP contribution in [-0.2, 0) is 11.2 Å². The number of carbonyl (C=O) groups excluding carboxylic acids is 1. The molecule has 140 valence electrons. The number of carbonyl (C=O) groups is 1. The maximum atomic E-state index is 12.3. The van der Waals surface area contributed by atoms with E-state index >= 15 is 0 Å². The first-order valence-corrected chi connectivity index (χ1v) is 9.39. The van der Waals surface area contributed by atoms with Crippen LogP contribution in [0.3, 0.4) is 0 Å². The molecule has 0 aliphatic rings. The van der Waals surface area contributed by atoms with Gasteiger partial charge >= 0.3 is 0 Å². The van der Waals surface area contributed by atoms with Gasteiger partial charge < -0.3 is 9.73 Å². The van der Waals surface area contributed by atoms with Gasteiger partial charge in [0, 0.05) is 18.4 Å². The Hall–Kier alpha value is -2.95. The van der Waals surface area contributed by atoms with Gasteiger partial charge in [-0.1, -0.05) is 55.0 Å². The lowest BCUT2D eigenvalue weighted by Crippen LogP contribution is -2.28. The number of rotatable bonds is 8. The molecule has 27 heavy (non-hydrogen) atoms. The third-order valence-corrected chi connectivity index (χ3v) is 4.51. The molecule has 0 saturated carbocycles. The molecule has 1 atom stereocenters. The molecule has 5 nitrogen and oxygen atoms in total. The van der Waals surface area contributed by atoms with E-state index in [0.717, 1.165) is 17.5 Å². The topological polar surface area (TPSA) is 68.0 Å². The standard InChI is InChI=1S/C22H25N3O2/c1-3-19(17-14-12-16(2)13-15-17)23-20(26)10-7-11-21-24-25-22(27-21)18-8-5-4-6-9-18/h4-6,8-9,12-15,19H,3,7,10-11H2,1-2H3,(H,23,26)/t19-/m0/s1. The van der Waals surface area contributed by atoms with Gasteiger partial charge in [-0.3, -0.25) is 4.79 Å². The van der Waals surface area contributed by atoms with Crippen LogP contribution in [0.5, 0.6) is 0 Å². The van der Waals surface area contributed by atoms with Gasteiger partial charge in [-0.25, -0.2) is 0 Å². The highest BCUT2D eigenvalue weighted by Crippen LogP contribution is 2.19. The third-order valence-electron chi connectivity index (χ3n) is 4.51. The Morgan fingerprint density at radius 1 is 1.07 bits per heavy atom. The maximum Gasteiger partial charge on any atom is 0.247 e. The highest BCUT2D eigenvalue weighted by atomic mass is 16.4. The summed E-state index contributed by atoms with van der Waals surface area (Å²) >= 11 is 0. The highest BCUT2D eigenvalue weighted by Gasteiger charge is 2.13. The fourth-order valence-corrected chi connectivity index (χ4v) is 2.94. The molecule has 3 rings (SSSR count). The molecule has 0 bridgehead atoms.